The van der Waals surface area contributed by atoms with Gasteiger partial charge in [0.05, 0.1) is 6.61 Å². The number of ether oxygens (including phenoxy) is 2. The van der Waals surface area contributed by atoms with Crippen LogP contribution >= 0.6 is 0 Å². The van der Waals surface area contributed by atoms with Gasteiger partial charge in [-0.2, -0.15) is 0 Å². The highest BCUT2D eigenvalue weighted by Crippen LogP contribution is 2.18. The van der Waals surface area contributed by atoms with E-state index in [0.717, 1.165) is 31.0 Å². The van der Waals surface area contributed by atoms with Gasteiger partial charge in [-0.25, -0.2) is 0 Å². The topological polar surface area (TPSA) is 47.7 Å². The summed E-state index contributed by atoms with van der Waals surface area (Å²) in [5, 5.41) is 0. The van der Waals surface area contributed by atoms with E-state index in [-0.39, 0.29) is 12.1 Å². The molecule has 0 aliphatic carbocycles. The summed E-state index contributed by atoms with van der Waals surface area (Å²) in [5.41, 5.74) is 6.98. The lowest BCUT2D eigenvalue weighted by atomic mass is 10.1. The van der Waals surface area contributed by atoms with Gasteiger partial charge in [0.2, 0.25) is 0 Å². The Kier molecular flexibility index (Phi) is 5.40. The molecule has 2 rings (SSSR count). The van der Waals surface area contributed by atoms with Gasteiger partial charge in [-0.3, -0.25) is 4.90 Å². The predicted molar refractivity (Wildman–Crippen MR) is 81.0 cm³/mol. The van der Waals surface area contributed by atoms with Crippen LogP contribution in [0.4, 0.5) is 0 Å². The molecular weight excluding hydrogens is 252 g/mol. The van der Waals surface area contributed by atoms with Gasteiger partial charge in [0.1, 0.15) is 18.5 Å². The summed E-state index contributed by atoms with van der Waals surface area (Å²) in [7, 11) is 0. The van der Waals surface area contributed by atoms with E-state index in [2.05, 4.69) is 18.7 Å². The molecule has 1 aromatic rings. The van der Waals surface area contributed by atoms with Gasteiger partial charge in [0.25, 0.3) is 0 Å². The van der Waals surface area contributed by atoms with Gasteiger partial charge in [-0.1, -0.05) is 12.1 Å². The van der Waals surface area contributed by atoms with Gasteiger partial charge >= 0.3 is 0 Å². The Hall–Kier alpha value is -1.10. The third-order valence-electron chi connectivity index (χ3n) is 3.72. The molecule has 20 heavy (non-hydrogen) atoms. The molecule has 112 valence electrons. The third-order valence-corrected chi connectivity index (χ3v) is 3.72. The number of morpholine rings is 1. The van der Waals surface area contributed by atoms with Crippen LogP contribution < -0.4 is 10.5 Å². The Labute approximate surface area is 121 Å². The lowest BCUT2D eigenvalue weighted by Gasteiger charge is -2.35. The largest absolute Gasteiger partial charge is 0.491 e. The zero-order valence-corrected chi connectivity index (χ0v) is 12.7. The normalized spacial score (nSPS) is 21.9. The van der Waals surface area contributed by atoms with E-state index in [9.17, 15) is 0 Å². The molecule has 0 aromatic heterocycles. The monoisotopic (exact) mass is 278 g/mol. The maximum atomic E-state index is 5.89. The number of hydrogen-bond acceptors (Lipinski definition) is 4. The smallest absolute Gasteiger partial charge is 0.119 e. The summed E-state index contributed by atoms with van der Waals surface area (Å²) in [4.78, 5) is 2.43. The summed E-state index contributed by atoms with van der Waals surface area (Å²) in [5.74, 6) is 0.866. The Bertz CT molecular complexity index is 421. The first-order valence-electron chi connectivity index (χ1n) is 7.40. The lowest BCUT2D eigenvalue weighted by molar-refractivity contribution is -0.0564. The van der Waals surface area contributed by atoms with E-state index in [1.165, 1.54) is 0 Å². The number of rotatable bonds is 5. The molecule has 4 heteroatoms. The molecule has 1 aromatic carbocycles. The minimum absolute atomic E-state index is 0.0286. The second-order valence-electron chi connectivity index (χ2n) is 5.75. The van der Waals surface area contributed by atoms with Crippen LogP contribution in [0.25, 0.3) is 0 Å². The zero-order chi connectivity index (χ0) is 14.5. The maximum Gasteiger partial charge on any atom is 0.119 e. The molecule has 0 spiro atoms. The molecule has 0 bridgehead atoms. The molecule has 2 N–H and O–H groups in total. The minimum atomic E-state index is 0.0286. The fourth-order valence-corrected chi connectivity index (χ4v) is 2.39. The van der Waals surface area contributed by atoms with Crippen LogP contribution in [0.2, 0.25) is 0 Å². The third kappa shape index (κ3) is 4.20. The van der Waals surface area contributed by atoms with Gasteiger partial charge in [0, 0.05) is 25.2 Å². The van der Waals surface area contributed by atoms with E-state index in [0.29, 0.717) is 12.6 Å². The van der Waals surface area contributed by atoms with Gasteiger partial charge in [0.15, 0.2) is 0 Å². The van der Waals surface area contributed by atoms with Crippen molar-refractivity contribution in [3.05, 3.63) is 29.8 Å². The molecule has 1 aliphatic heterocycles. The minimum Gasteiger partial charge on any atom is -0.491 e. The molecule has 1 heterocycles. The van der Waals surface area contributed by atoms with Crippen molar-refractivity contribution >= 4 is 0 Å². The first-order valence-corrected chi connectivity index (χ1v) is 7.40. The Morgan fingerprint density at radius 1 is 1.40 bits per heavy atom. The quantitative estimate of drug-likeness (QED) is 0.897. The second kappa shape index (κ2) is 7.07. The zero-order valence-electron chi connectivity index (χ0n) is 12.7. The van der Waals surface area contributed by atoms with Crippen molar-refractivity contribution in [2.24, 2.45) is 5.73 Å². The lowest BCUT2D eigenvalue weighted by Crippen LogP contribution is -2.47. The predicted octanol–water partition coefficient (Wildman–Crippen LogP) is 2.19. The van der Waals surface area contributed by atoms with E-state index < -0.39 is 0 Å². The fraction of sp³-hybridized carbons (Fsp3) is 0.625. The van der Waals surface area contributed by atoms with Crippen LogP contribution in [0.3, 0.4) is 0 Å². The van der Waals surface area contributed by atoms with Crippen LogP contribution in [0.15, 0.2) is 24.3 Å². The van der Waals surface area contributed by atoms with E-state index in [1.807, 2.05) is 31.2 Å². The molecule has 4 nitrogen and oxygen atoms in total. The molecule has 1 saturated heterocycles. The van der Waals surface area contributed by atoms with Crippen LogP contribution in [0, 0.1) is 0 Å². The van der Waals surface area contributed by atoms with Gasteiger partial charge in [-0.15, -0.1) is 0 Å². The fourth-order valence-electron chi connectivity index (χ4n) is 2.39. The molecule has 2 atom stereocenters. The van der Waals surface area contributed by atoms with E-state index >= 15 is 0 Å². The molecule has 1 unspecified atom stereocenters. The molecule has 0 saturated carbocycles. The van der Waals surface area contributed by atoms with Crippen molar-refractivity contribution in [1.29, 1.82) is 0 Å². The van der Waals surface area contributed by atoms with Crippen LogP contribution in [0.1, 0.15) is 32.4 Å². The molecule has 1 aliphatic rings. The summed E-state index contributed by atoms with van der Waals surface area (Å²) in [6.07, 6.45) is 0.144. The molecule has 1 fully saturated rings. The standard InChI is InChI=1S/C16H26N2O2/c1-12(2)18-7-8-19-16(10-18)11-20-15-6-4-5-14(9-15)13(3)17/h4-6,9,12-13,16H,7-8,10-11,17H2,1-3H3/t13-,16?/m1/s1. The van der Waals surface area contributed by atoms with Crippen molar-refractivity contribution in [2.75, 3.05) is 26.3 Å². The Morgan fingerprint density at radius 3 is 2.90 bits per heavy atom. The maximum absolute atomic E-state index is 5.89. The van der Waals surface area contributed by atoms with Crippen molar-refractivity contribution < 1.29 is 9.47 Å². The van der Waals surface area contributed by atoms with Crippen molar-refractivity contribution in [1.82, 2.24) is 4.90 Å². The average molecular weight is 278 g/mol. The molecular formula is C16H26N2O2. The van der Waals surface area contributed by atoms with Crippen molar-refractivity contribution in [3.8, 4) is 5.75 Å². The first-order chi connectivity index (χ1) is 9.56. The van der Waals surface area contributed by atoms with Crippen LogP contribution in [-0.2, 0) is 4.74 Å². The highest BCUT2D eigenvalue weighted by Gasteiger charge is 2.22. The van der Waals surface area contributed by atoms with Crippen molar-refractivity contribution in [2.45, 2.75) is 39.0 Å². The second-order valence-corrected chi connectivity index (χ2v) is 5.75. The van der Waals surface area contributed by atoms with Gasteiger partial charge in [-0.05, 0) is 38.5 Å². The van der Waals surface area contributed by atoms with E-state index in [1.54, 1.807) is 0 Å². The summed E-state index contributed by atoms with van der Waals surface area (Å²) >= 11 is 0. The number of benzene rings is 1. The summed E-state index contributed by atoms with van der Waals surface area (Å²) < 4.78 is 11.6. The SMILES string of the molecule is CC(C)N1CCOC(COc2cccc([C@@H](C)N)c2)C1. The summed E-state index contributed by atoms with van der Waals surface area (Å²) in [6.45, 7) is 9.73. The first kappa shape index (κ1) is 15.3. The highest BCUT2D eigenvalue weighted by molar-refractivity contribution is 5.30. The van der Waals surface area contributed by atoms with Crippen LogP contribution in [-0.4, -0.2) is 43.3 Å². The number of hydrogen-bond donors (Lipinski definition) is 1. The van der Waals surface area contributed by atoms with E-state index in [4.69, 9.17) is 15.2 Å². The molecule has 0 radical (unpaired) electrons. The van der Waals surface area contributed by atoms with Gasteiger partial charge < -0.3 is 15.2 Å². The molecule has 0 amide bonds. The Balaban J connectivity index is 1.87. The Morgan fingerprint density at radius 2 is 2.20 bits per heavy atom. The van der Waals surface area contributed by atoms with Crippen molar-refractivity contribution in [3.63, 3.8) is 0 Å². The highest BCUT2D eigenvalue weighted by atomic mass is 16.5. The van der Waals surface area contributed by atoms with Crippen LogP contribution in [0.5, 0.6) is 5.75 Å². The average Bonchev–Trinajstić information content (AvgIpc) is 2.45. The number of nitrogens with zero attached hydrogens (tertiary/aromatic N) is 1. The number of nitrogens with two attached hydrogens (primary N) is 1. The summed E-state index contributed by atoms with van der Waals surface area (Å²) in [6, 6.07) is 8.57.